The molecule has 0 radical (unpaired) electrons. The molecule has 3 nitrogen and oxygen atoms in total. The van der Waals surface area contributed by atoms with Crippen molar-refractivity contribution >= 4 is 22.4 Å². The highest BCUT2D eigenvalue weighted by Crippen LogP contribution is 2.61. The van der Waals surface area contributed by atoms with E-state index in [0.29, 0.717) is 0 Å². The first-order valence-corrected chi connectivity index (χ1v) is 11.4. The van der Waals surface area contributed by atoms with Crippen LogP contribution in [0.2, 0.25) is 0 Å². The molecule has 1 unspecified atom stereocenters. The van der Waals surface area contributed by atoms with Gasteiger partial charge < -0.3 is 5.32 Å². The largest absolute Gasteiger partial charge is 0.301 e. The van der Waals surface area contributed by atoms with E-state index in [4.69, 9.17) is 4.98 Å². The zero-order chi connectivity index (χ0) is 19.6. The number of rotatable bonds is 2. The van der Waals surface area contributed by atoms with Gasteiger partial charge in [-0.1, -0.05) is 48.5 Å². The monoisotopic (exact) mass is 400 g/mol. The Kier molecular flexibility index (Phi) is 3.76. The number of hydrogen-bond acceptors (Lipinski definition) is 3. The molecule has 0 aliphatic heterocycles. The summed E-state index contributed by atoms with van der Waals surface area (Å²) in [6.45, 7) is 2.15. The van der Waals surface area contributed by atoms with Crippen LogP contribution in [0.25, 0.3) is 0 Å². The minimum absolute atomic E-state index is 0.0921. The fourth-order valence-electron chi connectivity index (χ4n) is 5.83. The molecule has 146 valence electrons. The first kappa shape index (κ1) is 17.4. The number of carbonyl (C=O) groups excluding carboxylic acids is 1. The van der Waals surface area contributed by atoms with Gasteiger partial charge in [0.15, 0.2) is 5.13 Å². The van der Waals surface area contributed by atoms with E-state index < -0.39 is 5.41 Å². The van der Waals surface area contributed by atoms with E-state index in [1.54, 1.807) is 11.3 Å². The van der Waals surface area contributed by atoms with Crippen molar-refractivity contribution in [3.63, 3.8) is 0 Å². The molecule has 1 amide bonds. The van der Waals surface area contributed by atoms with Crippen molar-refractivity contribution < 1.29 is 4.79 Å². The van der Waals surface area contributed by atoms with Crippen LogP contribution >= 0.6 is 11.3 Å². The smallest absolute Gasteiger partial charge is 0.233 e. The average Bonchev–Trinajstić information content (AvgIpc) is 3.16. The Morgan fingerprint density at radius 1 is 1.00 bits per heavy atom. The Morgan fingerprint density at radius 2 is 1.62 bits per heavy atom. The van der Waals surface area contributed by atoms with Gasteiger partial charge in [-0.25, -0.2) is 4.98 Å². The van der Waals surface area contributed by atoms with Crippen LogP contribution in [-0.2, 0) is 17.6 Å². The first-order chi connectivity index (χ1) is 14.1. The van der Waals surface area contributed by atoms with Crippen molar-refractivity contribution in [2.75, 3.05) is 5.32 Å². The zero-order valence-electron chi connectivity index (χ0n) is 16.6. The molecule has 1 heterocycles. The molecular formula is C25H24N2OS. The van der Waals surface area contributed by atoms with E-state index in [1.165, 1.54) is 45.7 Å². The lowest BCUT2D eigenvalue weighted by atomic mass is 9.52. The average molecular weight is 401 g/mol. The normalized spacial score (nSPS) is 26.4. The van der Waals surface area contributed by atoms with Gasteiger partial charge in [-0.3, -0.25) is 4.79 Å². The van der Waals surface area contributed by atoms with Crippen LogP contribution in [0.15, 0.2) is 48.5 Å². The minimum Gasteiger partial charge on any atom is -0.301 e. The van der Waals surface area contributed by atoms with Gasteiger partial charge >= 0.3 is 0 Å². The molecule has 0 spiro atoms. The van der Waals surface area contributed by atoms with E-state index in [1.807, 2.05) is 0 Å². The molecule has 4 heteroatoms. The summed E-state index contributed by atoms with van der Waals surface area (Å²) in [7, 11) is 0. The number of nitrogens with zero attached hydrogens (tertiary/aromatic N) is 1. The van der Waals surface area contributed by atoms with Crippen molar-refractivity contribution in [1.29, 1.82) is 0 Å². The third kappa shape index (κ3) is 2.48. The summed E-state index contributed by atoms with van der Waals surface area (Å²) in [5, 5.41) is 4.01. The number of amides is 1. The molecule has 1 N–H and O–H groups in total. The second-order valence-electron chi connectivity index (χ2n) is 8.92. The van der Waals surface area contributed by atoms with Gasteiger partial charge in [0.1, 0.15) is 0 Å². The summed E-state index contributed by atoms with van der Waals surface area (Å²) in [6.07, 6.45) is 5.44. The number of hydrogen-bond donors (Lipinski definition) is 1. The number of thiazole rings is 1. The second-order valence-corrected chi connectivity index (χ2v) is 10.00. The molecule has 2 aromatic carbocycles. The Hall–Kier alpha value is -2.46. The van der Waals surface area contributed by atoms with Gasteiger partial charge in [-0.05, 0) is 61.3 Å². The highest BCUT2D eigenvalue weighted by Gasteiger charge is 2.54. The van der Waals surface area contributed by atoms with E-state index in [-0.39, 0.29) is 17.7 Å². The maximum atomic E-state index is 13.7. The summed E-state index contributed by atoms with van der Waals surface area (Å²) < 4.78 is 0. The van der Waals surface area contributed by atoms with Gasteiger partial charge in [0.2, 0.25) is 5.91 Å². The third-order valence-corrected chi connectivity index (χ3v) is 8.29. The van der Waals surface area contributed by atoms with Crippen LogP contribution in [0.5, 0.6) is 0 Å². The lowest BCUT2D eigenvalue weighted by molar-refractivity contribution is -0.126. The number of aryl methyl sites for hydroxylation is 2. The van der Waals surface area contributed by atoms with Gasteiger partial charge in [-0.2, -0.15) is 0 Å². The highest BCUT2D eigenvalue weighted by atomic mass is 32.1. The minimum atomic E-state index is -0.473. The van der Waals surface area contributed by atoms with Gasteiger partial charge in [-0.15, -0.1) is 11.3 Å². The first-order valence-electron chi connectivity index (χ1n) is 10.6. The van der Waals surface area contributed by atoms with Crippen LogP contribution in [0.4, 0.5) is 5.13 Å². The molecule has 3 aromatic rings. The number of anilines is 1. The van der Waals surface area contributed by atoms with Crippen molar-refractivity contribution in [3.8, 4) is 0 Å². The topological polar surface area (TPSA) is 42.0 Å². The second kappa shape index (κ2) is 6.27. The van der Waals surface area contributed by atoms with Crippen LogP contribution in [0.3, 0.4) is 0 Å². The molecule has 2 bridgehead atoms. The van der Waals surface area contributed by atoms with Crippen LogP contribution in [-0.4, -0.2) is 10.9 Å². The molecule has 0 saturated heterocycles. The van der Waals surface area contributed by atoms with Crippen molar-refractivity contribution in [2.45, 2.75) is 50.9 Å². The van der Waals surface area contributed by atoms with Crippen LogP contribution in [0, 0.1) is 5.41 Å². The van der Waals surface area contributed by atoms with Crippen molar-refractivity contribution in [3.05, 3.63) is 81.4 Å². The zero-order valence-corrected chi connectivity index (χ0v) is 17.4. The Labute approximate surface area is 175 Å². The lowest BCUT2D eigenvalue weighted by Crippen LogP contribution is -2.47. The highest BCUT2D eigenvalue weighted by molar-refractivity contribution is 7.15. The molecule has 7 rings (SSSR count). The van der Waals surface area contributed by atoms with Crippen LogP contribution < -0.4 is 5.32 Å². The molecule has 1 atom stereocenters. The van der Waals surface area contributed by atoms with Crippen molar-refractivity contribution in [1.82, 2.24) is 4.98 Å². The third-order valence-electron chi connectivity index (χ3n) is 7.22. The summed E-state index contributed by atoms with van der Waals surface area (Å²) in [6, 6.07) is 17.4. The number of carbonyl (C=O) groups is 1. The molecule has 1 aromatic heterocycles. The van der Waals surface area contributed by atoms with E-state index >= 15 is 0 Å². The predicted octanol–water partition coefficient (Wildman–Crippen LogP) is 5.65. The fraction of sp³-hybridized carbons (Fsp3) is 0.360. The maximum Gasteiger partial charge on any atom is 0.233 e. The summed E-state index contributed by atoms with van der Waals surface area (Å²) in [5.74, 6) is 0.491. The molecule has 29 heavy (non-hydrogen) atoms. The number of benzene rings is 2. The summed E-state index contributed by atoms with van der Waals surface area (Å²) >= 11 is 1.67. The van der Waals surface area contributed by atoms with Crippen molar-refractivity contribution in [2.24, 2.45) is 5.41 Å². The maximum absolute atomic E-state index is 13.7. The molecular weight excluding hydrogens is 376 g/mol. The quantitative estimate of drug-likeness (QED) is 0.604. The number of nitrogens with one attached hydrogen (secondary N) is 1. The molecule has 0 saturated carbocycles. The summed E-state index contributed by atoms with van der Waals surface area (Å²) in [4.78, 5) is 19.8. The van der Waals surface area contributed by atoms with E-state index in [9.17, 15) is 4.79 Å². The van der Waals surface area contributed by atoms with Gasteiger partial charge in [0.05, 0.1) is 11.1 Å². The fourth-order valence-corrected chi connectivity index (χ4v) is 6.88. The SMILES string of the molecule is CC1(C(=O)Nc2nc3c(s2)CCCC3)CC2c3ccccc3C1c1ccccc12. The Bertz CT molecular complexity index is 1060. The Morgan fingerprint density at radius 3 is 2.28 bits per heavy atom. The summed E-state index contributed by atoms with van der Waals surface area (Å²) in [5.41, 5.74) is 6.15. The van der Waals surface area contributed by atoms with Gasteiger partial charge in [0.25, 0.3) is 0 Å². The van der Waals surface area contributed by atoms with Crippen LogP contribution in [0.1, 0.15) is 70.8 Å². The number of aromatic nitrogens is 1. The van der Waals surface area contributed by atoms with Gasteiger partial charge in [0, 0.05) is 16.7 Å². The predicted molar refractivity (Wildman–Crippen MR) is 117 cm³/mol. The molecule has 0 fully saturated rings. The Balaban J connectivity index is 1.40. The standard InChI is InChI=1S/C25H24N2OS/c1-25(23(28)27-24-26-20-12-6-7-13-21(20)29-24)14-19-15-8-2-4-10-17(15)22(25)18-11-5-3-9-16(18)19/h2-5,8-11,19,22H,6-7,12-14H2,1H3,(H,26,27,28). The van der Waals surface area contributed by atoms with E-state index in [2.05, 4.69) is 60.8 Å². The van der Waals surface area contributed by atoms with E-state index in [0.717, 1.165) is 24.4 Å². The molecule has 4 aliphatic rings. The molecule has 4 aliphatic carbocycles. The lowest BCUT2D eigenvalue weighted by Gasteiger charge is -2.50. The number of fused-ring (bicyclic) bond motifs is 2.